The second-order valence-electron chi connectivity index (χ2n) is 4.24. The summed E-state index contributed by atoms with van der Waals surface area (Å²) < 4.78 is 10.4. The van der Waals surface area contributed by atoms with Gasteiger partial charge in [-0.25, -0.2) is 4.79 Å². The maximum atomic E-state index is 12.0. The molecule has 19 heavy (non-hydrogen) atoms. The van der Waals surface area contributed by atoms with Gasteiger partial charge < -0.3 is 14.8 Å². The van der Waals surface area contributed by atoms with Crippen LogP contribution in [0.1, 0.15) is 18.9 Å². The van der Waals surface area contributed by atoms with E-state index >= 15 is 0 Å². The molecule has 1 aromatic rings. The van der Waals surface area contributed by atoms with E-state index in [9.17, 15) is 9.59 Å². The van der Waals surface area contributed by atoms with Crippen molar-refractivity contribution in [3.63, 3.8) is 0 Å². The molecule has 102 valence electrons. The summed E-state index contributed by atoms with van der Waals surface area (Å²) in [5, 5.41) is 4.94. The lowest BCUT2D eigenvalue weighted by Gasteiger charge is -2.25. The van der Waals surface area contributed by atoms with Gasteiger partial charge in [0.2, 0.25) is 0 Å². The molecule has 1 saturated heterocycles. The number of carbonyl (C=O) groups excluding carboxylic acids is 2. The lowest BCUT2D eigenvalue weighted by atomic mass is 9.87. The van der Waals surface area contributed by atoms with E-state index in [0.717, 1.165) is 0 Å². The van der Waals surface area contributed by atoms with Crippen molar-refractivity contribution in [3.05, 3.63) is 23.8 Å². The first kappa shape index (κ1) is 13.2. The minimum atomic E-state index is -1.05. The van der Waals surface area contributed by atoms with Gasteiger partial charge in [-0.2, -0.15) is 0 Å². The van der Waals surface area contributed by atoms with Crippen LogP contribution in [0.4, 0.5) is 4.79 Å². The third kappa shape index (κ3) is 1.99. The van der Waals surface area contributed by atoms with Crippen molar-refractivity contribution in [3.8, 4) is 11.5 Å². The Balaban J connectivity index is 2.50. The van der Waals surface area contributed by atoms with Gasteiger partial charge in [0.05, 0.1) is 14.2 Å². The Morgan fingerprint density at radius 2 is 1.84 bits per heavy atom. The van der Waals surface area contributed by atoms with Gasteiger partial charge in [-0.1, -0.05) is 13.0 Å². The second kappa shape index (κ2) is 4.79. The maximum Gasteiger partial charge on any atom is 0.322 e. The van der Waals surface area contributed by atoms with Gasteiger partial charge in [0.25, 0.3) is 5.91 Å². The second-order valence-corrected chi connectivity index (χ2v) is 4.24. The van der Waals surface area contributed by atoms with Gasteiger partial charge in [0.1, 0.15) is 5.54 Å². The number of benzene rings is 1. The minimum absolute atomic E-state index is 0.354. The zero-order chi connectivity index (χ0) is 14.0. The fourth-order valence-electron chi connectivity index (χ4n) is 2.25. The van der Waals surface area contributed by atoms with Crippen molar-refractivity contribution in [2.45, 2.75) is 18.9 Å². The summed E-state index contributed by atoms with van der Waals surface area (Å²) in [5.41, 5.74) is -0.382. The molecule has 1 heterocycles. The molecule has 0 spiro atoms. The average Bonchev–Trinajstić information content (AvgIpc) is 2.73. The van der Waals surface area contributed by atoms with Crippen molar-refractivity contribution in [2.75, 3.05) is 14.2 Å². The van der Waals surface area contributed by atoms with Gasteiger partial charge in [-0.15, -0.1) is 0 Å². The van der Waals surface area contributed by atoms with Crippen LogP contribution in [-0.2, 0) is 10.3 Å². The Hall–Kier alpha value is -2.24. The van der Waals surface area contributed by atoms with Crippen LogP contribution in [0.5, 0.6) is 11.5 Å². The summed E-state index contributed by atoms with van der Waals surface area (Å²) >= 11 is 0. The van der Waals surface area contributed by atoms with Crippen LogP contribution in [0, 0.1) is 0 Å². The van der Waals surface area contributed by atoms with Crippen LogP contribution in [-0.4, -0.2) is 26.2 Å². The van der Waals surface area contributed by atoms with Gasteiger partial charge in [0.15, 0.2) is 11.5 Å². The highest BCUT2D eigenvalue weighted by molar-refractivity contribution is 6.07. The van der Waals surface area contributed by atoms with E-state index < -0.39 is 11.6 Å². The smallest absolute Gasteiger partial charge is 0.322 e. The van der Waals surface area contributed by atoms with Crippen LogP contribution < -0.4 is 20.1 Å². The number of hydrogen-bond acceptors (Lipinski definition) is 4. The van der Waals surface area contributed by atoms with Crippen molar-refractivity contribution >= 4 is 11.9 Å². The largest absolute Gasteiger partial charge is 0.493 e. The molecule has 0 aromatic heterocycles. The fraction of sp³-hybridized carbons (Fsp3) is 0.385. The number of amides is 3. The molecule has 1 fully saturated rings. The summed E-state index contributed by atoms with van der Waals surface area (Å²) in [4.78, 5) is 23.4. The highest BCUT2D eigenvalue weighted by atomic mass is 16.5. The molecule has 2 rings (SSSR count). The highest BCUT2D eigenvalue weighted by Crippen LogP contribution is 2.35. The molecule has 3 amide bonds. The third-order valence-corrected chi connectivity index (χ3v) is 3.35. The molecule has 1 aliphatic heterocycles. The number of ether oxygens (including phenoxy) is 2. The summed E-state index contributed by atoms with van der Waals surface area (Å²) in [7, 11) is 3.06. The number of imide groups is 1. The number of urea groups is 1. The monoisotopic (exact) mass is 264 g/mol. The van der Waals surface area contributed by atoms with Crippen molar-refractivity contribution in [1.82, 2.24) is 10.6 Å². The first-order valence-corrected chi connectivity index (χ1v) is 5.93. The van der Waals surface area contributed by atoms with E-state index in [1.54, 1.807) is 18.2 Å². The lowest BCUT2D eigenvalue weighted by molar-refractivity contribution is -0.124. The van der Waals surface area contributed by atoms with Gasteiger partial charge >= 0.3 is 6.03 Å². The van der Waals surface area contributed by atoms with Gasteiger partial charge in [0, 0.05) is 0 Å². The maximum absolute atomic E-state index is 12.0. The first-order chi connectivity index (χ1) is 9.07. The average molecular weight is 264 g/mol. The lowest BCUT2D eigenvalue weighted by Crippen LogP contribution is -2.43. The highest BCUT2D eigenvalue weighted by Gasteiger charge is 2.46. The Labute approximate surface area is 111 Å². The van der Waals surface area contributed by atoms with Gasteiger partial charge in [-0.05, 0) is 24.1 Å². The molecule has 1 aromatic carbocycles. The Kier molecular flexibility index (Phi) is 3.33. The summed E-state index contributed by atoms with van der Waals surface area (Å²) in [6, 6.07) is 4.68. The molecule has 1 atom stereocenters. The molecule has 6 heteroatoms. The normalized spacial score (nSPS) is 21.8. The van der Waals surface area contributed by atoms with Gasteiger partial charge in [-0.3, -0.25) is 10.1 Å². The quantitative estimate of drug-likeness (QED) is 0.800. The van der Waals surface area contributed by atoms with Crippen molar-refractivity contribution < 1.29 is 19.1 Å². The van der Waals surface area contributed by atoms with E-state index in [2.05, 4.69) is 10.6 Å². The molecule has 1 unspecified atom stereocenters. The zero-order valence-corrected chi connectivity index (χ0v) is 11.1. The van der Waals surface area contributed by atoms with E-state index in [4.69, 9.17) is 9.47 Å². The first-order valence-electron chi connectivity index (χ1n) is 5.93. The topological polar surface area (TPSA) is 76.7 Å². The number of rotatable bonds is 4. The molecule has 0 aliphatic carbocycles. The molecular weight excluding hydrogens is 248 g/mol. The van der Waals surface area contributed by atoms with Crippen LogP contribution in [0.25, 0.3) is 0 Å². The van der Waals surface area contributed by atoms with E-state index in [1.165, 1.54) is 14.2 Å². The zero-order valence-electron chi connectivity index (χ0n) is 11.1. The molecule has 0 radical (unpaired) electrons. The van der Waals surface area contributed by atoms with Crippen LogP contribution in [0.2, 0.25) is 0 Å². The number of nitrogens with one attached hydrogen (secondary N) is 2. The van der Waals surface area contributed by atoms with E-state index in [0.29, 0.717) is 23.5 Å². The van der Waals surface area contributed by atoms with Crippen molar-refractivity contribution in [2.24, 2.45) is 0 Å². The molecule has 1 aliphatic rings. The van der Waals surface area contributed by atoms with Crippen LogP contribution in [0.15, 0.2) is 18.2 Å². The SMILES string of the molecule is CCC1(c2ccc(OC)c(OC)c2)NC(=O)NC1=O. The minimum Gasteiger partial charge on any atom is -0.493 e. The predicted octanol–water partition coefficient (Wildman–Crippen LogP) is 1.15. The molecule has 6 nitrogen and oxygen atoms in total. The summed E-state index contributed by atoms with van der Waals surface area (Å²) in [6.07, 6.45) is 0.445. The Bertz CT molecular complexity index is 529. The molecule has 0 bridgehead atoms. The number of methoxy groups -OCH3 is 2. The van der Waals surface area contributed by atoms with Crippen LogP contribution in [0.3, 0.4) is 0 Å². The molecular formula is C13H16N2O4. The standard InChI is InChI=1S/C13H16N2O4/c1-4-13(11(16)14-12(17)15-13)8-5-6-9(18-2)10(7-8)19-3/h5-7H,4H2,1-3H3,(H2,14,15,16,17). The summed E-state index contributed by atoms with van der Waals surface area (Å²) in [6.45, 7) is 1.84. The third-order valence-electron chi connectivity index (χ3n) is 3.35. The molecule has 0 saturated carbocycles. The Morgan fingerprint density at radius 1 is 1.16 bits per heavy atom. The Morgan fingerprint density at radius 3 is 2.32 bits per heavy atom. The summed E-state index contributed by atoms with van der Waals surface area (Å²) in [5.74, 6) is 0.733. The molecule has 2 N–H and O–H groups in total. The fourth-order valence-corrected chi connectivity index (χ4v) is 2.25. The van der Waals surface area contributed by atoms with E-state index in [-0.39, 0.29) is 5.91 Å². The van der Waals surface area contributed by atoms with Crippen LogP contribution >= 0.6 is 0 Å². The van der Waals surface area contributed by atoms with E-state index in [1.807, 2.05) is 6.92 Å². The number of hydrogen-bond donors (Lipinski definition) is 2. The predicted molar refractivity (Wildman–Crippen MR) is 68.2 cm³/mol. The van der Waals surface area contributed by atoms with Crippen molar-refractivity contribution in [1.29, 1.82) is 0 Å². The number of carbonyl (C=O) groups is 2.